The third-order valence-electron chi connectivity index (χ3n) is 4.08. The molecule has 3 rings (SSSR count). The molecule has 0 spiro atoms. The first-order valence-electron chi connectivity index (χ1n) is 7.75. The highest BCUT2D eigenvalue weighted by atomic mass is 35.5. The number of ketones is 1. The molecule has 0 amide bonds. The van der Waals surface area contributed by atoms with E-state index in [2.05, 4.69) is 4.98 Å². The number of carbonyl (C=O) groups is 2. The molecule has 3 aromatic rings. The van der Waals surface area contributed by atoms with Crippen molar-refractivity contribution in [1.29, 1.82) is 0 Å². The smallest absolute Gasteiger partial charge is 0.153 e. The van der Waals surface area contributed by atoms with Gasteiger partial charge in [-0.25, -0.2) is 9.37 Å². The van der Waals surface area contributed by atoms with Crippen LogP contribution in [0.25, 0.3) is 16.9 Å². The van der Waals surface area contributed by atoms with Gasteiger partial charge in [0.2, 0.25) is 0 Å². The second-order valence-corrected chi connectivity index (χ2v) is 6.27. The number of aromatic nitrogens is 2. The van der Waals surface area contributed by atoms with Crippen LogP contribution < -0.4 is 0 Å². The monoisotopic (exact) mass is 358 g/mol. The zero-order valence-corrected chi connectivity index (χ0v) is 14.6. The fraction of sp³-hybridized carbons (Fsp3) is 0.211. The second-order valence-electron chi connectivity index (χ2n) is 6.00. The Morgan fingerprint density at radius 2 is 2.08 bits per heavy atom. The number of alkyl halides is 1. The van der Waals surface area contributed by atoms with Crippen molar-refractivity contribution in [2.75, 3.05) is 5.88 Å². The molecule has 1 aromatic carbocycles. The van der Waals surface area contributed by atoms with Crippen LogP contribution in [-0.2, 0) is 11.2 Å². The predicted molar refractivity (Wildman–Crippen MR) is 94.9 cm³/mol. The van der Waals surface area contributed by atoms with Crippen molar-refractivity contribution in [3.05, 3.63) is 58.7 Å². The van der Waals surface area contributed by atoms with Crippen molar-refractivity contribution >= 4 is 29.3 Å². The van der Waals surface area contributed by atoms with Crippen LogP contribution in [0.4, 0.5) is 4.39 Å². The molecule has 6 heteroatoms. The van der Waals surface area contributed by atoms with Gasteiger partial charge in [0.15, 0.2) is 5.78 Å². The van der Waals surface area contributed by atoms with Crippen LogP contribution in [0.5, 0.6) is 0 Å². The molecule has 0 aliphatic carbocycles. The van der Waals surface area contributed by atoms with Gasteiger partial charge in [0.1, 0.15) is 17.8 Å². The van der Waals surface area contributed by atoms with Crippen LogP contribution in [0.2, 0.25) is 0 Å². The maximum Gasteiger partial charge on any atom is 0.153 e. The van der Waals surface area contributed by atoms with E-state index in [0.29, 0.717) is 34.4 Å². The molecule has 0 unspecified atom stereocenters. The highest BCUT2D eigenvalue weighted by Gasteiger charge is 2.21. The number of nitrogens with zero attached hydrogens (tertiary/aromatic N) is 2. The molecule has 0 atom stereocenters. The van der Waals surface area contributed by atoms with E-state index in [1.165, 1.54) is 6.07 Å². The van der Waals surface area contributed by atoms with Gasteiger partial charge in [-0.2, -0.15) is 0 Å². The molecule has 0 N–H and O–H groups in total. The Kier molecular flexibility index (Phi) is 4.68. The lowest BCUT2D eigenvalue weighted by Crippen LogP contribution is -2.08. The lowest BCUT2D eigenvalue weighted by atomic mass is 9.99. The lowest BCUT2D eigenvalue weighted by molar-refractivity contribution is -0.116. The number of aldehydes is 1. The first-order valence-corrected chi connectivity index (χ1v) is 8.29. The lowest BCUT2D eigenvalue weighted by Gasteiger charge is -2.09. The average molecular weight is 359 g/mol. The molecule has 2 aromatic heterocycles. The number of fused-ring (bicyclic) bond motifs is 1. The second kappa shape index (κ2) is 6.76. The molecule has 4 nitrogen and oxygen atoms in total. The van der Waals surface area contributed by atoms with E-state index in [0.717, 1.165) is 5.56 Å². The maximum absolute atomic E-state index is 14.7. The van der Waals surface area contributed by atoms with E-state index in [1.54, 1.807) is 17.4 Å². The quantitative estimate of drug-likeness (QED) is 0.513. The SMILES string of the molecule is Cc1ccn2c(CC(=O)CCl)c(-c3c(C)cc(C=O)cc3F)nc2c1. The summed E-state index contributed by atoms with van der Waals surface area (Å²) in [5, 5.41) is 0. The minimum atomic E-state index is -0.540. The van der Waals surface area contributed by atoms with Crippen LogP contribution in [0, 0.1) is 19.7 Å². The molecule has 0 radical (unpaired) electrons. The van der Waals surface area contributed by atoms with E-state index in [9.17, 15) is 14.0 Å². The summed E-state index contributed by atoms with van der Waals surface area (Å²) >= 11 is 5.65. The number of carbonyl (C=O) groups excluding carboxylic acids is 2. The summed E-state index contributed by atoms with van der Waals surface area (Å²) < 4.78 is 16.4. The van der Waals surface area contributed by atoms with E-state index < -0.39 is 5.82 Å². The predicted octanol–water partition coefficient (Wildman–Crippen LogP) is 3.92. The van der Waals surface area contributed by atoms with Crippen LogP contribution in [-0.4, -0.2) is 27.3 Å². The van der Waals surface area contributed by atoms with Crippen LogP contribution >= 0.6 is 11.6 Å². The number of hydrogen-bond donors (Lipinski definition) is 0. The molecule has 0 saturated carbocycles. The molecule has 0 aliphatic rings. The largest absolute Gasteiger partial charge is 0.303 e. The molecular formula is C19H16ClFN2O2. The van der Waals surface area contributed by atoms with Gasteiger partial charge in [-0.05, 0) is 49.2 Å². The van der Waals surface area contributed by atoms with Gasteiger partial charge >= 0.3 is 0 Å². The number of aryl methyl sites for hydroxylation is 2. The molecule has 0 aliphatic heterocycles. The number of hydrogen-bond acceptors (Lipinski definition) is 3. The summed E-state index contributed by atoms with van der Waals surface area (Å²) in [6.45, 7) is 3.65. The van der Waals surface area contributed by atoms with Gasteiger partial charge in [0, 0.05) is 17.3 Å². The van der Waals surface area contributed by atoms with E-state index in [1.807, 2.05) is 25.3 Å². The van der Waals surface area contributed by atoms with Crippen molar-refractivity contribution < 1.29 is 14.0 Å². The third-order valence-corrected chi connectivity index (χ3v) is 4.37. The summed E-state index contributed by atoms with van der Waals surface area (Å²) in [4.78, 5) is 27.4. The average Bonchev–Trinajstić information content (AvgIpc) is 2.91. The number of halogens is 2. The Balaban J connectivity index is 2.30. The normalized spacial score (nSPS) is 11.0. The third kappa shape index (κ3) is 3.20. The standard InChI is InChI=1S/C19H16ClFN2O2/c1-11-3-4-23-16(8-14(25)9-20)19(22-17(23)5-11)18-12(2)6-13(10-24)7-15(18)21/h3-7,10H,8-9H2,1-2H3. The Labute approximate surface area is 149 Å². The fourth-order valence-electron chi connectivity index (χ4n) is 2.94. The minimum absolute atomic E-state index is 0.0529. The van der Waals surface area contributed by atoms with Crippen LogP contribution in [0.3, 0.4) is 0 Å². The first kappa shape index (κ1) is 17.3. The van der Waals surface area contributed by atoms with Crippen molar-refractivity contribution in [2.24, 2.45) is 0 Å². The highest BCUT2D eigenvalue weighted by Crippen LogP contribution is 2.31. The Bertz CT molecular complexity index is 971. The molecule has 0 saturated heterocycles. The fourth-order valence-corrected chi connectivity index (χ4v) is 3.03. The molecular weight excluding hydrogens is 343 g/mol. The van der Waals surface area contributed by atoms with Crippen molar-refractivity contribution in [3.63, 3.8) is 0 Å². The maximum atomic E-state index is 14.7. The van der Waals surface area contributed by atoms with E-state index >= 15 is 0 Å². The van der Waals surface area contributed by atoms with Crippen molar-refractivity contribution in [3.8, 4) is 11.3 Å². The first-order chi connectivity index (χ1) is 11.9. The Morgan fingerprint density at radius 1 is 1.32 bits per heavy atom. The van der Waals surface area contributed by atoms with Gasteiger partial charge in [-0.15, -0.1) is 11.6 Å². The van der Waals surface area contributed by atoms with E-state index in [-0.39, 0.29) is 23.6 Å². The van der Waals surface area contributed by atoms with Gasteiger partial charge < -0.3 is 4.40 Å². The summed E-state index contributed by atoms with van der Waals surface area (Å²) in [5.41, 5.74) is 3.76. The Hall–Kier alpha value is -2.53. The number of pyridine rings is 1. The zero-order chi connectivity index (χ0) is 18.1. The summed E-state index contributed by atoms with van der Waals surface area (Å²) in [7, 11) is 0. The number of imidazole rings is 1. The molecule has 25 heavy (non-hydrogen) atoms. The van der Waals surface area contributed by atoms with E-state index in [4.69, 9.17) is 11.6 Å². The number of Topliss-reactive ketones (excluding diaryl/α,β-unsaturated/α-hetero) is 1. The summed E-state index contributed by atoms with van der Waals surface area (Å²) in [6, 6.07) is 6.54. The summed E-state index contributed by atoms with van der Waals surface area (Å²) in [5.74, 6) is -0.834. The topological polar surface area (TPSA) is 51.4 Å². The molecule has 2 heterocycles. The molecule has 0 fully saturated rings. The van der Waals surface area contributed by atoms with Crippen LogP contribution in [0.1, 0.15) is 27.2 Å². The highest BCUT2D eigenvalue weighted by molar-refractivity contribution is 6.27. The molecule has 0 bridgehead atoms. The minimum Gasteiger partial charge on any atom is -0.303 e. The molecule has 128 valence electrons. The van der Waals surface area contributed by atoms with Gasteiger partial charge in [0.05, 0.1) is 23.7 Å². The zero-order valence-electron chi connectivity index (χ0n) is 13.8. The summed E-state index contributed by atoms with van der Waals surface area (Å²) in [6.07, 6.45) is 2.47. The number of benzene rings is 1. The van der Waals surface area contributed by atoms with Gasteiger partial charge in [-0.1, -0.05) is 0 Å². The van der Waals surface area contributed by atoms with Crippen molar-refractivity contribution in [2.45, 2.75) is 20.3 Å². The Morgan fingerprint density at radius 3 is 2.72 bits per heavy atom. The van der Waals surface area contributed by atoms with Gasteiger partial charge in [-0.3, -0.25) is 9.59 Å². The van der Waals surface area contributed by atoms with Crippen molar-refractivity contribution in [1.82, 2.24) is 9.38 Å². The van der Waals surface area contributed by atoms with Gasteiger partial charge in [0.25, 0.3) is 0 Å². The van der Waals surface area contributed by atoms with Crippen LogP contribution in [0.15, 0.2) is 30.5 Å². The number of rotatable bonds is 5.